The monoisotopic (exact) mass is 248 g/mol. The largest absolute Gasteiger partial charge is 0.491 e. The molecule has 1 saturated heterocycles. The van der Waals surface area contributed by atoms with Crippen molar-refractivity contribution in [3.8, 4) is 5.75 Å². The van der Waals surface area contributed by atoms with Gasteiger partial charge >= 0.3 is 0 Å². The van der Waals surface area contributed by atoms with Crippen LogP contribution in [0.15, 0.2) is 24.3 Å². The summed E-state index contributed by atoms with van der Waals surface area (Å²) in [6, 6.07) is 8.40. The Balaban J connectivity index is 1.99. The molecule has 0 radical (unpaired) electrons. The first-order chi connectivity index (χ1) is 8.66. The maximum Gasteiger partial charge on any atom is 0.119 e. The van der Waals surface area contributed by atoms with Crippen LogP contribution in [0.3, 0.4) is 0 Å². The zero-order valence-corrected chi connectivity index (χ0v) is 11.4. The van der Waals surface area contributed by atoms with Crippen molar-refractivity contribution in [2.24, 2.45) is 11.7 Å². The third-order valence-corrected chi connectivity index (χ3v) is 3.53. The van der Waals surface area contributed by atoms with E-state index in [4.69, 9.17) is 10.5 Å². The van der Waals surface area contributed by atoms with Gasteiger partial charge in [-0.15, -0.1) is 0 Å². The van der Waals surface area contributed by atoms with Gasteiger partial charge in [0.25, 0.3) is 0 Å². The van der Waals surface area contributed by atoms with E-state index in [1.54, 1.807) is 0 Å². The third kappa shape index (κ3) is 3.47. The van der Waals surface area contributed by atoms with Gasteiger partial charge < -0.3 is 15.8 Å². The van der Waals surface area contributed by atoms with Crippen LogP contribution < -0.4 is 15.8 Å². The van der Waals surface area contributed by atoms with Gasteiger partial charge in [0, 0.05) is 6.04 Å². The molecule has 2 rings (SSSR count). The summed E-state index contributed by atoms with van der Waals surface area (Å²) in [5.74, 6) is 1.52. The molecule has 0 amide bonds. The van der Waals surface area contributed by atoms with Crippen molar-refractivity contribution in [1.82, 2.24) is 5.32 Å². The van der Waals surface area contributed by atoms with Gasteiger partial charge in [-0.3, -0.25) is 0 Å². The molecule has 3 N–H and O–H groups in total. The number of rotatable bonds is 4. The Morgan fingerprint density at radius 3 is 2.33 bits per heavy atom. The lowest BCUT2D eigenvalue weighted by atomic mass is 9.86. The van der Waals surface area contributed by atoms with Gasteiger partial charge in [0.05, 0.1) is 6.10 Å². The highest BCUT2D eigenvalue weighted by molar-refractivity contribution is 5.29. The Morgan fingerprint density at radius 1 is 1.17 bits per heavy atom. The highest BCUT2D eigenvalue weighted by Crippen LogP contribution is 2.27. The van der Waals surface area contributed by atoms with E-state index in [-0.39, 0.29) is 12.1 Å². The number of hydrogen-bond acceptors (Lipinski definition) is 3. The second-order valence-electron chi connectivity index (χ2n) is 5.35. The van der Waals surface area contributed by atoms with Crippen LogP contribution in [0.25, 0.3) is 0 Å². The number of piperidine rings is 1. The van der Waals surface area contributed by atoms with Crippen molar-refractivity contribution in [3.05, 3.63) is 29.8 Å². The fourth-order valence-electron chi connectivity index (χ4n) is 2.52. The van der Waals surface area contributed by atoms with E-state index in [9.17, 15) is 0 Å². The summed E-state index contributed by atoms with van der Waals surface area (Å²) in [6.07, 6.45) is 2.56. The first-order valence-corrected chi connectivity index (χ1v) is 6.89. The Bertz CT molecular complexity index is 355. The van der Waals surface area contributed by atoms with Gasteiger partial charge in [0.1, 0.15) is 5.75 Å². The van der Waals surface area contributed by atoms with Gasteiger partial charge in [0.2, 0.25) is 0 Å². The summed E-state index contributed by atoms with van der Waals surface area (Å²) in [6.45, 7) is 6.25. The van der Waals surface area contributed by atoms with Crippen molar-refractivity contribution in [1.29, 1.82) is 0 Å². The molecule has 0 aliphatic carbocycles. The molecule has 1 aliphatic rings. The summed E-state index contributed by atoms with van der Waals surface area (Å²) < 4.78 is 5.64. The topological polar surface area (TPSA) is 47.3 Å². The molecule has 1 heterocycles. The quantitative estimate of drug-likeness (QED) is 0.860. The van der Waals surface area contributed by atoms with E-state index < -0.39 is 0 Å². The molecule has 0 bridgehead atoms. The van der Waals surface area contributed by atoms with Crippen molar-refractivity contribution in [3.63, 3.8) is 0 Å². The number of hydrogen-bond donors (Lipinski definition) is 2. The average molecular weight is 248 g/mol. The van der Waals surface area contributed by atoms with Gasteiger partial charge in [0.15, 0.2) is 0 Å². The van der Waals surface area contributed by atoms with E-state index in [0.29, 0.717) is 5.92 Å². The number of benzene rings is 1. The van der Waals surface area contributed by atoms with Crippen molar-refractivity contribution in [2.45, 2.75) is 38.8 Å². The van der Waals surface area contributed by atoms with Gasteiger partial charge in [-0.05, 0) is 63.4 Å². The lowest BCUT2D eigenvalue weighted by molar-refractivity contribution is 0.242. The van der Waals surface area contributed by atoms with E-state index in [0.717, 1.165) is 18.8 Å². The lowest BCUT2D eigenvalue weighted by Crippen LogP contribution is -2.33. The molecule has 1 aromatic rings. The number of nitrogens with two attached hydrogens (primary N) is 1. The molecule has 3 heteroatoms. The SMILES string of the molecule is CC(C)Oc1ccc([C@H](N)C2CCNCC2)cc1. The molecular formula is C15H24N2O. The fraction of sp³-hybridized carbons (Fsp3) is 0.600. The molecule has 100 valence electrons. The minimum atomic E-state index is 0.153. The third-order valence-electron chi connectivity index (χ3n) is 3.53. The summed E-state index contributed by atoms with van der Waals surface area (Å²) in [5, 5.41) is 3.38. The van der Waals surface area contributed by atoms with Crippen LogP contribution in [0.2, 0.25) is 0 Å². The summed E-state index contributed by atoms with van der Waals surface area (Å²) >= 11 is 0. The molecule has 0 spiro atoms. The maximum absolute atomic E-state index is 6.35. The van der Waals surface area contributed by atoms with E-state index >= 15 is 0 Å². The molecule has 1 atom stereocenters. The summed E-state index contributed by atoms with van der Waals surface area (Å²) in [4.78, 5) is 0. The first kappa shape index (κ1) is 13.4. The molecular weight excluding hydrogens is 224 g/mol. The second-order valence-corrected chi connectivity index (χ2v) is 5.35. The van der Waals surface area contributed by atoms with E-state index in [1.807, 2.05) is 26.0 Å². The molecule has 3 nitrogen and oxygen atoms in total. The van der Waals surface area contributed by atoms with Gasteiger partial charge in [-0.1, -0.05) is 12.1 Å². The standard InChI is InChI=1S/C15H24N2O/c1-11(2)18-14-5-3-12(4-6-14)15(16)13-7-9-17-10-8-13/h3-6,11,13,15,17H,7-10,16H2,1-2H3/t15-/m0/s1. The molecule has 1 fully saturated rings. The van der Waals surface area contributed by atoms with Crippen LogP contribution >= 0.6 is 0 Å². The zero-order valence-electron chi connectivity index (χ0n) is 11.4. The van der Waals surface area contributed by atoms with Crippen LogP contribution in [0, 0.1) is 5.92 Å². The lowest BCUT2D eigenvalue weighted by Gasteiger charge is -2.28. The highest BCUT2D eigenvalue weighted by Gasteiger charge is 2.21. The highest BCUT2D eigenvalue weighted by atomic mass is 16.5. The van der Waals surface area contributed by atoms with Crippen molar-refractivity contribution < 1.29 is 4.74 Å². The summed E-state index contributed by atoms with van der Waals surface area (Å²) in [5.41, 5.74) is 7.57. The number of ether oxygens (including phenoxy) is 1. The predicted molar refractivity (Wildman–Crippen MR) is 74.7 cm³/mol. The molecule has 18 heavy (non-hydrogen) atoms. The predicted octanol–water partition coefficient (Wildman–Crippen LogP) is 2.47. The maximum atomic E-state index is 6.35. The van der Waals surface area contributed by atoms with Crippen LogP contribution in [0.4, 0.5) is 0 Å². The molecule has 0 unspecified atom stereocenters. The van der Waals surface area contributed by atoms with Crippen LogP contribution in [-0.4, -0.2) is 19.2 Å². The fourth-order valence-corrected chi connectivity index (χ4v) is 2.52. The van der Waals surface area contributed by atoms with Gasteiger partial charge in [-0.25, -0.2) is 0 Å². The van der Waals surface area contributed by atoms with Gasteiger partial charge in [-0.2, -0.15) is 0 Å². The molecule has 0 aromatic heterocycles. The summed E-state index contributed by atoms with van der Waals surface area (Å²) in [7, 11) is 0. The molecule has 1 aromatic carbocycles. The zero-order chi connectivity index (χ0) is 13.0. The van der Waals surface area contributed by atoms with Crippen LogP contribution in [0.1, 0.15) is 38.3 Å². The first-order valence-electron chi connectivity index (χ1n) is 6.89. The normalized spacial score (nSPS) is 18.9. The Labute approximate surface area is 110 Å². The Kier molecular flexibility index (Phi) is 4.61. The minimum Gasteiger partial charge on any atom is -0.491 e. The van der Waals surface area contributed by atoms with E-state index in [2.05, 4.69) is 17.4 Å². The van der Waals surface area contributed by atoms with Crippen molar-refractivity contribution >= 4 is 0 Å². The second kappa shape index (κ2) is 6.21. The molecule has 1 aliphatic heterocycles. The smallest absolute Gasteiger partial charge is 0.119 e. The van der Waals surface area contributed by atoms with E-state index in [1.165, 1.54) is 18.4 Å². The van der Waals surface area contributed by atoms with Crippen LogP contribution in [0.5, 0.6) is 5.75 Å². The Morgan fingerprint density at radius 2 is 1.78 bits per heavy atom. The minimum absolute atomic E-state index is 0.153. The van der Waals surface area contributed by atoms with Crippen LogP contribution in [-0.2, 0) is 0 Å². The Hall–Kier alpha value is -1.06. The number of nitrogens with one attached hydrogen (secondary N) is 1. The molecule has 0 saturated carbocycles. The average Bonchev–Trinajstić information content (AvgIpc) is 2.39. The van der Waals surface area contributed by atoms with Crippen molar-refractivity contribution in [2.75, 3.05) is 13.1 Å².